The van der Waals surface area contributed by atoms with Crippen LogP contribution in [-0.4, -0.2) is 35.8 Å². The van der Waals surface area contributed by atoms with Crippen LogP contribution in [0.5, 0.6) is 5.75 Å². The first-order chi connectivity index (χ1) is 14.1. The van der Waals surface area contributed by atoms with Crippen molar-refractivity contribution < 1.29 is 19.1 Å². The number of carbonyl (C=O) groups is 3. The molecule has 0 bridgehead atoms. The van der Waals surface area contributed by atoms with Gasteiger partial charge in [0.1, 0.15) is 5.75 Å². The number of hydrogen-bond acceptors (Lipinski definition) is 4. The van der Waals surface area contributed by atoms with Crippen molar-refractivity contribution in [3.63, 3.8) is 0 Å². The molecule has 0 unspecified atom stereocenters. The summed E-state index contributed by atoms with van der Waals surface area (Å²) in [6.07, 6.45) is 5.45. The maximum absolute atomic E-state index is 12.9. The third-order valence-corrected chi connectivity index (χ3v) is 5.67. The van der Waals surface area contributed by atoms with E-state index >= 15 is 0 Å². The molecule has 2 aromatic carbocycles. The second-order valence-electron chi connectivity index (χ2n) is 7.59. The Morgan fingerprint density at radius 3 is 2.31 bits per heavy atom. The Labute approximate surface area is 169 Å². The molecule has 1 fully saturated rings. The Kier molecular flexibility index (Phi) is 5.34. The highest BCUT2D eigenvalue weighted by molar-refractivity contribution is 6.21. The number of imide groups is 1. The lowest BCUT2D eigenvalue weighted by Gasteiger charge is -2.23. The highest BCUT2D eigenvalue weighted by atomic mass is 16.5. The molecule has 0 saturated heterocycles. The van der Waals surface area contributed by atoms with Crippen molar-refractivity contribution in [3.8, 4) is 5.75 Å². The minimum Gasteiger partial charge on any atom is -0.496 e. The molecule has 2 aliphatic rings. The van der Waals surface area contributed by atoms with Crippen molar-refractivity contribution in [1.82, 2.24) is 10.2 Å². The molecular weight excluding hydrogens is 368 g/mol. The average molecular weight is 392 g/mol. The monoisotopic (exact) mass is 392 g/mol. The SMILES string of the molecule is COc1ccc(CN2C(=O)c3ccccc3C2=O)cc1C(=O)NC1CCCCC1. The van der Waals surface area contributed by atoms with Gasteiger partial charge in [-0.3, -0.25) is 19.3 Å². The molecule has 1 aliphatic heterocycles. The number of amides is 3. The molecule has 4 rings (SSSR count). The first-order valence-electron chi connectivity index (χ1n) is 10.0. The zero-order valence-electron chi connectivity index (χ0n) is 16.4. The molecule has 1 heterocycles. The summed E-state index contributed by atoms with van der Waals surface area (Å²) in [6.45, 7) is 0.111. The van der Waals surface area contributed by atoms with Gasteiger partial charge in [-0.2, -0.15) is 0 Å². The lowest BCUT2D eigenvalue weighted by molar-refractivity contribution is 0.0642. The Morgan fingerprint density at radius 2 is 1.69 bits per heavy atom. The molecule has 29 heavy (non-hydrogen) atoms. The topological polar surface area (TPSA) is 75.7 Å². The van der Waals surface area contributed by atoms with Gasteiger partial charge in [0.05, 0.1) is 30.3 Å². The minimum atomic E-state index is -0.311. The summed E-state index contributed by atoms with van der Waals surface area (Å²) in [5.74, 6) is -0.327. The van der Waals surface area contributed by atoms with Crippen LogP contribution in [-0.2, 0) is 6.54 Å². The number of nitrogens with zero attached hydrogens (tertiary/aromatic N) is 1. The Bertz CT molecular complexity index is 928. The third-order valence-electron chi connectivity index (χ3n) is 5.67. The van der Waals surface area contributed by atoms with Crippen LogP contribution < -0.4 is 10.1 Å². The van der Waals surface area contributed by atoms with E-state index in [0.29, 0.717) is 28.0 Å². The summed E-state index contributed by atoms with van der Waals surface area (Å²) >= 11 is 0. The molecule has 0 spiro atoms. The van der Waals surface area contributed by atoms with Gasteiger partial charge in [0.15, 0.2) is 0 Å². The Balaban J connectivity index is 1.55. The highest BCUT2D eigenvalue weighted by Crippen LogP contribution is 2.27. The normalized spacial score (nSPS) is 16.7. The van der Waals surface area contributed by atoms with Crippen LogP contribution in [0.2, 0.25) is 0 Å². The van der Waals surface area contributed by atoms with E-state index < -0.39 is 0 Å². The van der Waals surface area contributed by atoms with Crippen LogP contribution in [0, 0.1) is 0 Å². The molecule has 0 radical (unpaired) electrons. The standard InChI is InChI=1S/C23H24N2O4/c1-29-20-12-11-15(13-19(20)21(26)24-16-7-3-2-4-8-16)14-25-22(27)17-9-5-6-10-18(17)23(25)28/h5-6,9-13,16H,2-4,7-8,14H2,1H3,(H,24,26). The molecule has 1 saturated carbocycles. The van der Waals surface area contributed by atoms with Crippen molar-refractivity contribution in [3.05, 3.63) is 64.7 Å². The lowest BCUT2D eigenvalue weighted by atomic mass is 9.95. The molecule has 6 nitrogen and oxygen atoms in total. The Hall–Kier alpha value is -3.15. The summed E-state index contributed by atoms with van der Waals surface area (Å²) in [7, 11) is 1.52. The van der Waals surface area contributed by atoms with E-state index in [4.69, 9.17) is 4.74 Å². The molecule has 2 aromatic rings. The summed E-state index contributed by atoms with van der Waals surface area (Å²) in [5.41, 5.74) is 1.96. The van der Waals surface area contributed by atoms with Crippen molar-refractivity contribution in [2.45, 2.75) is 44.7 Å². The highest BCUT2D eigenvalue weighted by Gasteiger charge is 2.35. The van der Waals surface area contributed by atoms with Gasteiger partial charge in [-0.15, -0.1) is 0 Å². The van der Waals surface area contributed by atoms with Gasteiger partial charge in [0, 0.05) is 6.04 Å². The molecule has 1 aliphatic carbocycles. The van der Waals surface area contributed by atoms with Gasteiger partial charge in [-0.1, -0.05) is 37.5 Å². The smallest absolute Gasteiger partial charge is 0.261 e. The van der Waals surface area contributed by atoms with Gasteiger partial charge in [-0.05, 0) is 42.7 Å². The summed E-state index contributed by atoms with van der Waals surface area (Å²) in [5, 5.41) is 3.10. The zero-order chi connectivity index (χ0) is 20.4. The van der Waals surface area contributed by atoms with Crippen LogP contribution in [0.15, 0.2) is 42.5 Å². The van der Waals surface area contributed by atoms with Gasteiger partial charge >= 0.3 is 0 Å². The van der Waals surface area contributed by atoms with Crippen LogP contribution in [0.3, 0.4) is 0 Å². The number of benzene rings is 2. The van der Waals surface area contributed by atoms with Gasteiger partial charge in [0.25, 0.3) is 17.7 Å². The minimum absolute atomic E-state index is 0.111. The van der Waals surface area contributed by atoms with Crippen molar-refractivity contribution in [2.24, 2.45) is 0 Å². The first kappa shape index (κ1) is 19.2. The number of ether oxygens (including phenoxy) is 1. The van der Waals surface area contributed by atoms with Gasteiger partial charge in [-0.25, -0.2) is 0 Å². The molecular formula is C23H24N2O4. The average Bonchev–Trinajstić information content (AvgIpc) is 2.99. The van der Waals surface area contributed by atoms with Crippen molar-refractivity contribution in [2.75, 3.05) is 7.11 Å². The fourth-order valence-electron chi connectivity index (χ4n) is 4.11. The predicted molar refractivity (Wildman–Crippen MR) is 108 cm³/mol. The van der Waals surface area contributed by atoms with E-state index in [1.807, 2.05) is 0 Å². The van der Waals surface area contributed by atoms with Crippen LogP contribution >= 0.6 is 0 Å². The quantitative estimate of drug-likeness (QED) is 0.790. The van der Waals surface area contributed by atoms with Crippen LogP contribution in [0.1, 0.15) is 68.7 Å². The number of methoxy groups -OCH3 is 1. The molecule has 0 atom stereocenters. The molecule has 0 aromatic heterocycles. The molecule has 6 heteroatoms. The largest absolute Gasteiger partial charge is 0.496 e. The summed E-state index contributed by atoms with van der Waals surface area (Å²) < 4.78 is 5.37. The number of fused-ring (bicyclic) bond motifs is 1. The third kappa shape index (κ3) is 3.75. The first-order valence-corrected chi connectivity index (χ1v) is 10.0. The van der Waals surface area contributed by atoms with E-state index in [1.54, 1.807) is 42.5 Å². The van der Waals surface area contributed by atoms with Gasteiger partial charge < -0.3 is 10.1 Å². The maximum atomic E-state index is 12.9. The second kappa shape index (κ2) is 8.07. The van der Waals surface area contributed by atoms with Crippen molar-refractivity contribution in [1.29, 1.82) is 0 Å². The zero-order valence-corrected chi connectivity index (χ0v) is 16.4. The van der Waals surface area contributed by atoms with E-state index in [-0.39, 0.29) is 30.3 Å². The maximum Gasteiger partial charge on any atom is 0.261 e. The second-order valence-corrected chi connectivity index (χ2v) is 7.59. The molecule has 1 N–H and O–H groups in total. The number of rotatable bonds is 5. The fraction of sp³-hybridized carbons (Fsp3) is 0.348. The Morgan fingerprint density at radius 1 is 1.03 bits per heavy atom. The van der Waals surface area contributed by atoms with E-state index in [0.717, 1.165) is 25.7 Å². The van der Waals surface area contributed by atoms with E-state index in [2.05, 4.69) is 5.32 Å². The van der Waals surface area contributed by atoms with Crippen molar-refractivity contribution >= 4 is 17.7 Å². The van der Waals surface area contributed by atoms with Gasteiger partial charge in [0.2, 0.25) is 0 Å². The molecule has 3 amide bonds. The predicted octanol–water partition coefficient (Wildman–Crippen LogP) is 3.55. The number of carbonyl (C=O) groups excluding carboxylic acids is 3. The number of hydrogen-bond donors (Lipinski definition) is 1. The van der Waals surface area contributed by atoms with E-state index in [9.17, 15) is 14.4 Å². The fourth-order valence-corrected chi connectivity index (χ4v) is 4.11. The summed E-state index contributed by atoms with van der Waals surface area (Å²) in [4.78, 5) is 39.3. The van der Waals surface area contributed by atoms with E-state index in [1.165, 1.54) is 18.4 Å². The number of nitrogens with one attached hydrogen (secondary N) is 1. The van der Waals surface area contributed by atoms with Crippen LogP contribution in [0.4, 0.5) is 0 Å². The van der Waals surface area contributed by atoms with Crippen LogP contribution in [0.25, 0.3) is 0 Å². The molecule has 150 valence electrons. The summed E-state index contributed by atoms with van der Waals surface area (Å²) in [6, 6.07) is 12.2. The lowest BCUT2D eigenvalue weighted by Crippen LogP contribution is -2.36.